The zero-order valence-corrected chi connectivity index (χ0v) is 8.72. The summed E-state index contributed by atoms with van der Waals surface area (Å²) in [7, 11) is 0. The van der Waals surface area contributed by atoms with Gasteiger partial charge in [0.1, 0.15) is 4.70 Å². The third kappa shape index (κ3) is 1.37. The highest BCUT2D eigenvalue weighted by atomic mass is 32.1. The predicted molar refractivity (Wildman–Crippen MR) is 58.0 cm³/mol. The Hall–Kier alpha value is -1.42. The molecule has 0 aliphatic carbocycles. The van der Waals surface area contributed by atoms with Gasteiger partial charge in [-0.1, -0.05) is 6.07 Å². The lowest BCUT2D eigenvalue weighted by molar-refractivity contribution is -0.382. The molecule has 1 aromatic heterocycles. The summed E-state index contributed by atoms with van der Waals surface area (Å²) < 4.78 is 0.776. The summed E-state index contributed by atoms with van der Waals surface area (Å²) in [4.78, 5) is 11.6. The number of benzene rings is 1. The Bertz CT molecular complexity index is 516. The van der Waals surface area contributed by atoms with Gasteiger partial charge < -0.3 is 0 Å². The monoisotopic (exact) mass is 207 g/mol. The molecular weight excluding hydrogens is 198 g/mol. The summed E-state index contributed by atoms with van der Waals surface area (Å²) in [5.74, 6) is 0. The van der Waals surface area contributed by atoms with Crippen LogP contribution in [0.15, 0.2) is 18.2 Å². The number of nitrogens with zero attached hydrogens (tertiary/aromatic N) is 1. The van der Waals surface area contributed by atoms with Crippen LogP contribution in [0.2, 0.25) is 0 Å². The molecule has 1 heterocycles. The Morgan fingerprint density at radius 3 is 2.64 bits per heavy atom. The molecule has 2 aromatic rings. The molecule has 0 N–H and O–H groups in total. The van der Waals surface area contributed by atoms with E-state index in [9.17, 15) is 10.1 Å². The summed E-state index contributed by atoms with van der Waals surface area (Å²) >= 11 is 1.47. The van der Waals surface area contributed by atoms with Crippen molar-refractivity contribution in [2.75, 3.05) is 0 Å². The number of rotatable bonds is 1. The average molecular weight is 207 g/mol. The predicted octanol–water partition coefficient (Wildman–Crippen LogP) is 3.43. The van der Waals surface area contributed by atoms with Crippen molar-refractivity contribution in [2.24, 2.45) is 0 Å². The van der Waals surface area contributed by atoms with Crippen LogP contribution >= 0.6 is 11.3 Å². The molecule has 2 rings (SSSR count). The quantitative estimate of drug-likeness (QED) is 0.531. The Morgan fingerprint density at radius 1 is 1.29 bits per heavy atom. The van der Waals surface area contributed by atoms with Crippen molar-refractivity contribution in [3.8, 4) is 0 Å². The molecule has 0 atom stereocenters. The van der Waals surface area contributed by atoms with Gasteiger partial charge in [-0.05, 0) is 30.9 Å². The second-order valence-electron chi connectivity index (χ2n) is 3.32. The molecule has 4 heteroatoms. The van der Waals surface area contributed by atoms with Gasteiger partial charge in [0.25, 0.3) is 5.69 Å². The van der Waals surface area contributed by atoms with E-state index in [1.807, 2.05) is 26.0 Å². The first-order valence-electron chi connectivity index (χ1n) is 4.23. The maximum atomic E-state index is 10.8. The van der Waals surface area contributed by atoms with E-state index in [0.717, 1.165) is 20.5 Å². The first kappa shape index (κ1) is 9.15. The van der Waals surface area contributed by atoms with Crippen LogP contribution in [-0.4, -0.2) is 4.92 Å². The Labute approximate surface area is 85.1 Å². The number of hydrogen-bond acceptors (Lipinski definition) is 3. The molecule has 0 spiro atoms. The smallest absolute Gasteiger partial charge is 0.258 e. The van der Waals surface area contributed by atoms with E-state index >= 15 is 0 Å². The van der Waals surface area contributed by atoms with Crippen LogP contribution in [-0.2, 0) is 0 Å². The average Bonchev–Trinajstić information content (AvgIpc) is 2.42. The lowest BCUT2D eigenvalue weighted by atomic mass is 10.1. The summed E-state index contributed by atoms with van der Waals surface area (Å²) in [5, 5.41) is 11.8. The molecule has 0 unspecified atom stereocenters. The number of thiophene rings is 1. The zero-order valence-electron chi connectivity index (χ0n) is 7.90. The molecule has 0 saturated heterocycles. The molecule has 0 bridgehead atoms. The van der Waals surface area contributed by atoms with E-state index in [2.05, 4.69) is 0 Å². The molecule has 14 heavy (non-hydrogen) atoms. The van der Waals surface area contributed by atoms with Crippen LogP contribution in [0.25, 0.3) is 10.1 Å². The van der Waals surface area contributed by atoms with E-state index in [1.165, 1.54) is 11.3 Å². The highest BCUT2D eigenvalue weighted by Crippen LogP contribution is 2.33. The lowest BCUT2D eigenvalue weighted by Crippen LogP contribution is -1.88. The highest BCUT2D eigenvalue weighted by molar-refractivity contribution is 7.19. The van der Waals surface area contributed by atoms with Crippen molar-refractivity contribution in [3.63, 3.8) is 0 Å². The number of non-ortho nitro benzene ring substituents is 1. The number of hydrogen-bond donors (Lipinski definition) is 0. The van der Waals surface area contributed by atoms with E-state index < -0.39 is 0 Å². The molecule has 0 aliphatic heterocycles. The van der Waals surface area contributed by atoms with Gasteiger partial charge in [0.2, 0.25) is 0 Å². The minimum absolute atomic E-state index is 0.220. The van der Waals surface area contributed by atoms with E-state index in [-0.39, 0.29) is 10.6 Å². The summed E-state index contributed by atoms with van der Waals surface area (Å²) in [6.07, 6.45) is 0. The third-order valence-corrected chi connectivity index (χ3v) is 3.15. The van der Waals surface area contributed by atoms with Crippen molar-refractivity contribution in [1.82, 2.24) is 0 Å². The van der Waals surface area contributed by atoms with Gasteiger partial charge >= 0.3 is 0 Å². The van der Waals surface area contributed by atoms with E-state index in [0.29, 0.717) is 0 Å². The maximum absolute atomic E-state index is 10.8. The van der Waals surface area contributed by atoms with Crippen LogP contribution in [0.1, 0.15) is 10.4 Å². The molecule has 0 saturated carbocycles. The van der Waals surface area contributed by atoms with Crippen molar-refractivity contribution < 1.29 is 4.92 Å². The molecule has 0 aliphatic rings. The standard InChI is InChI=1S/C10H9NO2S/c1-6-3-8-5-7(2)14-10(8)9(4-6)11(12)13/h3-5H,1-2H3. The van der Waals surface area contributed by atoms with Gasteiger partial charge in [-0.2, -0.15) is 0 Å². The molecule has 1 aromatic carbocycles. The Balaban J connectivity index is 2.85. The normalized spacial score (nSPS) is 10.7. The first-order chi connectivity index (χ1) is 6.58. The second kappa shape index (κ2) is 3.06. The number of aryl methyl sites for hydroxylation is 2. The summed E-state index contributed by atoms with van der Waals surface area (Å²) in [5.41, 5.74) is 1.15. The van der Waals surface area contributed by atoms with Crippen molar-refractivity contribution in [2.45, 2.75) is 13.8 Å². The number of fused-ring (bicyclic) bond motifs is 1. The highest BCUT2D eigenvalue weighted by Gasteiger charge is 2.14. The molecule has 0 amide bonds. The fraction of sp³-hybridized carbons (Fsp3) is 0.200. The lowest BCUT2D eigenvalue weighted by Gasteiger charge is -1.95. The molecule has 0 radical (unpaired) electrons. The first-order valence-corrected chi connectivity index (χ1v) is 5.05. The molecular formula is C10H9NO2S. The van der Waals surface area contributed by atoms with Gasteiger partial charge in [-0.3, -0.25) is 10.1 Å². The van der Waals surface area contributed by atoms with E-state index in [1.54, 1.807) is 6.07 Å². The summed E-state index contributed by atoms with van der Waals surface area (Å²) in [6, 6.07) is 5.59. The molecule has 72 valence electrons. The molecule has 3 nitrogen and oxygen atoms in total. The third-order valence-electron chi connectivity index (χ3n) is 2.06. The summed E-state index contributed by atoms with van der Waals surface area (Å²) in [6.45, 7) is 3.84. The van der Waals surface area contributed by atoms with Crippen LogP contribution in [0.4, 0.5) is 5.69 Å². The second-order valence-corrected chi connectivity index (χ2v) is 4.57. The fourth-order valence-electron chi connectivity index (χ4n) is 1.55. The van der Waals surface area contributed by atoms with Gasteiger partial charge in [0.15, 0.2) is 0 Å². The number of nitro benzene ring substituents is 1. The minimum Gasteiger partial charge on any atom is -0.258 e. The Kier molecular flexibility index (Phi) is 2.00. The van der Waals surface area contributed by atoms with E-state index in [4.69, 9.17) is 0 Å². The largest absolute Gasteiger partial charge is 0.287 e. The van der Waals surface area contributed by atoms with Crippen molar-refractivity contribution in [3.05, 3.63) is 38.8 Å². The molecule has 0 fully saturated rings. The SMILES string of the molecule is Cc1cc([N+](=O)[O-])c2sc(C)cc2c1. The topological polar surface area (TPSA) is 43.1 Å². The number of nitro groups is 1. The fourth-order valence-corrected chi connectivity index (χ4v) is 2.53. The minimum atomic E-state index is -0.314. The van der Waals surface area contributed by atoms with Crippen LogP contribution in [0.5, 0.6) is 0 Å². The Morgan fingerprint density at radius 2 is 2.00 bits per heavy atom. The van der Waals surface area contributed by atoms with Crippen molar-refractivity contribution in [1.29, 1.82) is 0 Å². The van der Waals surface area contributed by atoms with Crippen LogP contribution in [0, 0.1) is 24.0 Å². The van der Waals surface area contributed by atoms with Gasteiger partial charge in [0.05, 0.1) is 4.92 Å². The zero-order chi connectivity index (χ0) is 10.3. The van der Waals surface area contributed by atoms with Gasteiger partial charge in [-0.25, -0.2) is 0 Å². The maximum Gasteiger partial charge on any atom is 0.287 e. The van der Waals surface area contributed by atoms with Crippen molar-refractivity contribution >= 4 is 27.1 Å². The van der Waals surface area contributed by atoms with Gasteiger partial charge in [-0.15, -0.1) is 11.3 Å². The van der Waals surface area contributed by atoms with Crippen LogP contribution < -0.4 is 0 Å². The van der Waals surface area contributed by atoms with Crippen LogP contribution in [0.3, 0.4) is 0 Å². The van der Waals surface area contributed by atoms with Gasteiger partial charge in [0, 0.05) is 10.9 Å².